The minimum atomic E-state index is -3.84. The summed E-state index contributed by atoms with van der Waals surface area (Å²) in [6, 6.07) is 9.78. The minimum absolute atomic E-state index is 0.0511. The van der Waals surface area contributed by atoms with Gasteiger partial charge in [-0.2, -0.15) is 4.31 Å². The number of nitrogens with zero attached hydrogens (tertiary/aromatic N) is 1. The van der Waals surface area contributed by atoms with Crippen molar-refractivity contribution in [3.05, 3.63) is 63.4 Å². The van der Waals surface area contributed by atoms with Crippen LogP contribution in [0.15, 0.2) is 40.9 Å². The Labute approximate surface area is 161 Å². The Morgan fingerprint density at radius 2 is 1.81 bits per heavy atom. The number of nitrogens with one attached hydrogen (secondary N) is 1. The molecular formula is C18H20BrFN2O3S. The lowest BCUT2D eigenvalue weighted by molar-refractivity contribution is -0.116. The molecule has 0 unspecified atom stereocenters. The van der Waals surface area contributed by atoms with E-state index >= 15 is 0 Å². The van der Waals surface area contributed by atoms with Gasteiger partial charge in [-0.15, -0.1) is 0 Å². The smallest absolute Gasteiger partial charge is 0.239 e. The quantitative estimate of drug-likeness (QED) is 0.742. The fourth-order valence-corrected chi connectivity index (χ4v) is 3.93. The van der Waals surface area contributed by atoms with Gasteiger partial charge in [0.05, 0.1) is 12.3 Å². The van der Waals surface area contributed by atoms with Gasteiger partial charge in [0.1, 0.15) is 5.82 Å². The van der Waals surface area contributed by atoms with Gasteiger partial charge in [-0.1, -0.05) is 40.2 Å². The van der Waals surface area contributed by atoms with E-state index in [2.05, 4.69) is 21.2 Å². The molecule has 0 aliphatic rings. The molecule has 2 aromatic carbocycles. The topological polar surface area (TPSA) is 66.5 Å². The molecule has 26 heavy (non-hydrogen) atoms. The molecule has 0 spiro atoms. The average Bonchev–Trinajstić information content (AvgIpc) is 2.53. The molecule has 0 bridgehead atoms. The maximum atomic E-state index is 13.9. The van der Waals surface area contributed by atoms with Crippen molar-refractivity contribution in [3.63, 3.8) is 0 Å². The predicted molar refractivity (Wildman–Crippen MR) is 104 cm³/mol. The van der Waals surface area contributed by atoms with Crippen LogP contribution in [0.1, 0.15) is 16.7 Å². The number of likely N-dealkylation sites (N-methyl/N-ethyl adjacent to an activating group) is 1. The third-order valence-electron chi connectivity index (χ3n) is 3.94. The number of benzene rings is 2. The first-order valence-electron chi connectivity index (χ1n) is 7.84. The van der Waals surface area contributed by atoms with Crippen LogP contribution < -0.4 is 5.32 Å². The molecule has 0 heterocycles. The molecule has 1 amide bonds. The number of hydrogen-bond acceptors (Lipinski definition) is 3. The van der Waals surface area contributed by atoms with Crippen molar-refractivity contribution in [2.45, 2.75) is 19.6 Å². The Bertz CT molecular complexity index is 912. The van der Waals surface area contributed by atoms with Gasteiger partial charge in [0.25, 0.3) is 0 Å². The molecule has 0 aliphatic heterocycles. The van der Waals surface area contributed by atoms with Crippen LogP contribution >= 0.6 is 15.9 Å². The van der Waals surface area contributed by atoms with Crippen LogP contribution in [0, 0.1) is 19.7 Å². The number of para-hydroxylation sites is 1. The van der Waals surface area contributed by atoms with E-state index in [4.69, 9.17) is 0 Å². The van der Waals surface area contributed by atoms with Crippen molar-refractivity contribution >= 4 is 37.5 Å². The highest BCUT2D eigenvalue weighted by Crippen LogP contribution is 2.20. The van der Waals surface area contributed by atoms with Gasteiger partial charge in [0.15, 0.2) is 0 Å². The largest absolute Gasteiger partial charge is 0.324 e. The molecule has 5 nitrogen and oxygen atoms in total. The van der Waals surface area contributed by atoms with Crippen molar-refractivity contribution in [2.75, 3.05) is 18.9 Å². The SMILES string of the molecule is Cc1cccc(C)c1NC(=O)CN(C)S(=O)(=O)Cc1ccc(Br)cc1F. The maximum absolute atomic E-state index is 13.9. The molecule has 2 aromatic rings. The van der Waals surface area contributed by atoms with Crippen LogP contribution in [0.3, 0.4) is 0 Å². The lowest BCUT2D eigenvalue weighted by atomic mass is 10.1. The summed E-state index contributed by atoms with van der Waals surface area (Å²) < 4.78 is 40.2. The summed E-state index contributed by atoms with van der Waals surface area (Å²) in [5.41, 5.74) is 2.50. The first kappa shape index (κ1) is 20.5. The summed E-state index contributed by atoms with van der Waals surface area (Å²) in [7, 11) is -2.54. The maximum Gasteiger partial charge on any atom is 0.239 e. The summed E-state index contributed by atoms with van der Waals surface area (Å²) in [5, 5.41) is 2.74. The number of hydrogen-bond donors (Lipinski definition) is 1. The van der Waals surface area contributed by atoms with Crippen molar-refractivity contribution in [1.29, 1.82) is 0 Å². The summed E-state index contributed by atoms with van der Waals surface area (Å²) in [6.07, 6.45) is 0. The van der Waals surface area contributed by atoms with Crippen LogP contribution in [0.25, 0.3) is 0 Å². The Balaban J connectivity index is 2.07. The van der Waals surface area contributed by atoms with Crippen LogP contribution in [0.4, 0.5) is 10.1 Å². The minimum Gasteiger partial charge on any atom is -0.324 e. The number of sulfonamides is 1. The van der Waals surface area contributed by atoms with Crippen LogP contribution in [0.2, 0.25) is 0 Å². The zero-order valence-corrected chi connectivity index (χ0v) is 17.1. The average molecular weight is 443 g/mol. The second kappa shape index (κ2) is 8.28. The first-order chi connectivity index (χ1) is 12.1. The fourth-order valence-electron chi connectivity index (χ4n) is 2.44. The lowest BCUT2D eigenvalue weighted by Gasteiger charge is -2.18. The second-order valence-electron chi connectivity index (χ2n) is 6.06. The van der Waals surface area contributed by atoms with E-state index in [-0.39, 0.29) is 12.1 Å². The molecule has 0 atom stereocenters. The third-order valence-corrected chi connectivity index (χ3v) is 6.19. The second-order valence-corrected chi connectivity index (χ2v) is 9.05. The van der Waals surface area contributed by atoms with E-state index in [1.54, 1.807) is 6.07 Å². The number of halogens is 2. The summed E-state index contributed by atoms with van der Waals surface area (Å²) in [6.45, 7) is 3.37. The predicted octanol–water partition coefficient (Wildman–Crippen LogP) is 3.61. The normalized spacial score (nSPS) is 11.6. The van der Waals surface area contributed by atoms with Crippen LogP contribution in [-0.2, 0) is 20.6 Å². The third kappa shape index (κ3) is 5.12. The molecule has 0 saturated carbocycles. The molecule has 140 valence electrons. The van der Waals surface area contributed by atoms with E-state index in [9.17, 15) is 17.6 Å². The van der Waals surface area contributed by atoms with E-state index in [0.717, 1.165) is 15.4 Å². The van der Waals surface area contributed by atoms with Gasteiger partial charge in [0.2, 0.25) is 15.9 Å². The standard InChI is InChI=1S/C18H20BrFN2O3S/c1-12-5-4-6-13(2)18(12)21-17(23)10-22(3)26(24,25)11-14-7-8-15(19)9-16(14)20/h4-9H,10-11H2,1-3H3,(H,21,23). The Kier molecular flexibility index (Phi) is 6.54. The van der Waals surface area contributed by atoms with Gasteiger partial charge in [0, 0.05) is 22.8 Å². The van der Waals surface area contributed by atoms with Gasteiger partial charge in [-0.05, 0) is 37.1 Å². The Morgan fingerprint density at radius 1 is 1.19 bits per heavy atom. The summed E-state index contributed by atoms with van der Waals surface area (Å²) in [5.74, 6) is -1.58. The molecule has 0 aromatic heterocycles. The molecule has 2 rings (SSSR count). The molecular weight excluding hydrogens is 423 g/mol. The number of aryl methyl sites for hydroxylation is 2. The summed E-state index contributed by atoms with van der Waals surface area (Å²) in [4.78, 5) is 12.2. The van der Waals surface area contributed by atoms with Crippen LogP contribution in [-0.4, -0.2) is 32.2 Å². The van der Waals surface area contributed by atoms with Crippen molar-refractivity contribution < 1.29 is 17.6 Å². The van der Waals surface area contributed by atoms with Gasteiger partial charge >= 0.3 is 0 Å². The van der Waals surface area contributed by atoms with Crippen LogP contribution in [0.5, 0.6) is 0 Å². The highest BCUT2D eigenvalue weighted by molar-refractivity contribution is 9.10. The Morgan fingerprint density at radius 3 is 2.38 bits per heavy atom. The molecule has 0 radical (unpaired) electrons. The van der Waals surface area contributed by atoms with Gasteiger partial charge < -0.3 is 5.32 Å². The highest BCUT2D eigenvalue weighted by atomic mass is 79.9. The molecule has 0 aliphatic carbocycles. The zero-order chi connectivity index (χ0) is 19.5. The first-order valence-corrected chi connectivity index (χ1v) is 10.2. The van der Waals surface area contributed by atoms with E-state index in [0.29, 0.717) is 10.2 Å². The van der Waals surface area contributed by atoms with E-state index in [1.165, 1.54) is 19.2 Å². The number of anilines is 1. The number of amides is 1. The summed E-state index contributed by atoms with van der Waals surface area (Å²) >= 11 is 3.13. The zero-order valence-electron chi connectivity index (χ0n) is 14.7. The lowest BCUT2D eigenvalue weighted by Crippen LogP contribution is -2.36. The fraction of sp³-hybridized carbons (Fsp3) is 0.278. The van der Waals surface area contributed by atoms with Gasteiger partial charge in [-0.3, -0.25) is 4.79 Å². The van der Waals surface area contributed by atoms with Crippen molar-refractivity contribution in [1.82, 2.24) is 4.31 Å². The molecule has 0 fully saturated rings. The van der Waals surface area contributed by atoms with Gasteiger partial charge in [-0.25, -0.2) is 12.8 Å². The molecule has 1 N–H and O–H groups in total. The van der Waals surface area contributed by atoms with E-state index < -0.39 is 27.5 Å². The van der Waals surface area contributed by atoms with Crippen molar-refractivity contribution in [2.24, 2.45) is 0 Å². The monoisotopic (exact) mass is 442 g/mol. The number of rotatable bonds is 6. The molecule has 0 saturated heterocycles. The number of carbonyl (C=O) groups is 1. The highest BCUT2D eigenvalue weighted by Gasteiger charge is 2.23. The number of carbonyl (C=O) groups excluding carboxylic acids is 1. The molecule has 8 heteroatoms. The van der Waals surface area contributed by atoms with Crippen molar-refractivity contribution in [3.8, 4) is 0 Å². The Hall–Kier alpha value is -1.77. The van der Waals surface area contributed by atoms with E-state index in [1.807, 2.05) is 32.0 Å².